The van der Waals surface area contributed by atoms with Gasteiger partial charge in [0, 0.05) is 151 Å². The summed E-state index contributed by atoms with van der Waals surface area (Å²) in [5.74, 6) is 0. The lowest BCUT2D eigenvalue weighted by Gasteiger charge is -2.18. The Morgan fingerprint density at radius 1 is 0.163 bits per heavy atom. The second-order valence-corrected chi connectivity index (χ2v) is 38.5. The number of nitrogens with zero attached hydrogens (tertiary/aromatic N) is 5. The van der Waals surface area contributed by atoms with E-state index < -0.39 is 0 Å². The molecule has 33 rings (SSSR count). The van der Waals surface area contributed by atoms with Gasteiger partial charge in [0.2, 0.25) is 0 Å². The summed E-state index contributed by atoms with van der Waals surface area (Å²) < 4.78 is 34.4. The molecule has 0 N–H and O–H groups in total. The second kappa shape index (κ2) is 30.0. The molecule has 0 aliphatic carbocycles. The van der Waals surface area contributed by atoms with Crippen LogP contribution in [0.5, 0.6) is 0 Å². The van der Waals surface area contributed by atoms with Crippen LogP contribution < -0.4 is 0 Å². The van der Waals surface area contributed by atoms with Gasteiger partial charge in [0.1, 0.15) is 33.5 Å². The van der Waals surface area contributed by atoms with Crippen molar-refractivity contribution in [3.63, 3.8) is 0 Å². The molecule has 9 aromatic heterocycles. The van der Waals surface area contributed by atoms with Crippen LogP contribution in [-0.4, -0.2) is 22.8 Å². The summed E-state index contributed by atoms with van der Waals surface area (Å²) in [6.07, 6.45) is 0. The number of hydrogen-bond donors (Lipinski definition) is 0. The van der Waals surface area contributed by atoms with Gasteiger partial charge in [0.15, 0.2) is 0 Å². The van der Waals surface area contributed by atoms with Crippen molar-refractivity contribution in [3.05, 3.63) is 467 Å². The van der Waals surface area contributed by atoms with Crippen molar-refractivity contribution in [2.75, 3.05) is 0 Å². The molecular weight excluding hydrogens is 1740 g/mol. The van der Waals surface area contributed by atoms with E-state index in [1.165, 1.54) is 200 Å². The van der Waals surface area contributed by atoms with Crippen molar-refractivity contribution < 1.29 is 13.3 Å². The van der Waals surface area contributed by atoms with Gasteiger partial charge in [-0.25, -0.2) is 0 Å². The van der Waals surface area contributed by atoms with Gasteiger partial charge in [-0.1, -0.05) is 315 Å². The first-order valence-corrected chi connectivity index (χ1v) is 49.1. The monoisotopic (exact) mass is 1810 g/mol. The summed E-state index contributed by atoms with van der Waals surface area (Å²) in [6.45, 7) is 0. The lowest BCUT2D eigenvalue weighted by molar-refractivity contribution is 0.668. The molecule has 33 aromatic rings. The maximum absolute atomic E-state index is 6.63. The largest absolute Gasteiger partial charge is 0.456 e. The zero-order valence-electron chi connectivity index (χ0n) is 75.8. The van der Waals surface area contributed by atoms with Crippen LogP contribution in [0, 0.1) is 0 Å². The molecule has 0 radical (unpaired) electrons. The molecule has 24 aromatic carbocycles. The molecule has 0 saturated carbocycles. The molecule has 8 nitrogen and oxygen atoms in total. The summed E-state index contributed by atoms with van der Waals surface area (Å²) in [6, 6.07) is 169. The topological polar surface area (TPSA) is 64.1 Å². The molecular formula is C132H77N5O3S. The second-order valence-electron chi connectivity index (χ2n) is 37.4. The van der Waals surface area contributed by atoms with Gasteiger partial charge in [0.25, 0.3) is 0 Å². The minimum atomic E-state index is 0.897. The van der Waals surface area contributed by atoms with Gasteiger partial charge < -0.3 is 36.1 Å². The highest BCUT2D eigenvalue weighted by Crippen LogP contribution is 2.54. The van der Waals surface area contributed by atoms with Crippen molar-refractivity contribution in [2.24, 2.45) is 0 Å². The van der Waals surface area contributed by atoms with Gasteiger partial charge in [-0.05, 0) is 194 Å². The third kappa shape index (κ3) is 11.3. The summed E-state index contributed by atoms with van der Waals surface area (Å²) >= 11 is 1.94. The average molecular weight is 1810 g/mol. The van der Waals surface area contributed by atoms with Crippen LogP contribution in [-0.2, 0) is 0 Å². The summed E-state index contributed by atoms with van der Waals surface area (Å²) in [5.41, 5.74) is 25.6. The van der Waals surface area contributed by atoms with Crippen LogP contribution >= 0.6 is 11.3 Å². The molecule has 0 saturated heterocycles. The fourth-order valence-electron chi connectivity index (χ4n) is 24.2. The fourth-order valence-corrected chi connectivity index (χ4v) is 25.6. The third-order valence-corrected chi connectivity index (χ3v) is 31.3. The maximum Gasteiger partial charge on any atom is 0.143 e. The Labute approximate surface area is 807 Å². The summed E-state index contributed by atoms with van der Waals surface area (Å²) in [5, 5.41) is 36.8. The van der Waals surface area contributed by atoms with Crippen molar-refractivity contribution in [1.29, 1.82) is 0 Å². The number of aromatic nitrogens is 5. The lowest BCUT2D eigenvalue weighted by Crippen LogP contribution is -1.98. The SMILES string of the molecule is c1ccc(-n2c3ccccc3c3c2ccc2c4ccccc4n(-c4ccc5c(c4)oc4c6ccccc6ccc54)c23)cc1.c1ccc(-n2c3ccccc3c3c4c5ccccc5n(-c5cccc6oc7ccccc7c56)c4ccc32)cc1.c1ccc2cc3c(-n4c5ccccc5c5c6c7ccc8ccccc8c7sc6c6ccccc6c54)cc(-c4c5ccccc5cc5oc6ccccc6c45)cc3cc2c1. The Balaban J connectivity index is 0.0000000999. The van der Waals surface area contributed by atoms with Gasteiger partial charge in [-0.2, -0.15) is 0 Å². The number of hydrogen-bond acceptors (Lipinski definition) is 4. The van der Waals surface area contributed by atoms with E-state index in [1.54, 1.807) is 0 Å². The highest BCUT2D eigenvalue weighted by Gasteiger charge is 2.30. The number of furan rings is 3. The van der Waals surface area contributed by atoms with E-state index >= 15 is 0 Å². The van der Waals surface area contributed by atoms with Crippen LogP contribution in [0.25, 0.3) is 299 Å². The molecule has 141 heavy (non-hydrogen) atoms. The summed E-state index contributed by atoms with van der Waals surface area (Å²) in [4.78, 5) is 0. The molecule has 0 fully saturated rings. The summed E-state index contributed by atoms with van der Waals surface area (Å²) in [7, 11) is 0. The number of fused-ring (bicyclic) bond motifs is 40. The molecule has 9 heterocycles. The Morgan fingerprint density at radius 2 is 0.617 bits per heavy atom. The molecule has 0 aliphatic heterocycles. The van der Waals surface area contributed by atoms with Crippen molar-refractivity contribution in [1.82, 2.24) is 22.8 Å². The Bertz CT molecular complexity index is 11200. The van der Waals surface area contributed by atoms with Crippen molar-refractivity contribution in [3.8, 4) is 39.6 Å². The zero-order valence-corrected chi connectivity index (χ0v) is 76.6. The van der Waals surface area contributed by atoms with E-state index in [1.807, 2.05) is 23.5 Å². The smallest absolute Gasteiger partial charge is 0.143 e. The van der Waals surface area contributed by atoms with Gasteiger partial charge in [0.05, 0.1) is 71.9 Å². The van der Waals surface area contributed by atoms with Crippen LogP contribution in [0.4, 0.5) is 0 Å². The average Bonchev–Trinajstić information content (AvgIpc) is 1.54. The van der Waals surface area contributed by atoms with Crippen LogP contribution in [0.3, 0.4) is 0 Å². The molecule has 9 heteroatoms. The van der Waals surface area contributed by atoms with Crippen molar-refractivity contribution >= 4 is 271 Å². The van der Waals surface area contributed by atoms with Crippen LogP contribution in [0.15, 0.2) is 480 Å². The van der Waals surface area contributed by atoms with Crippen molar-refractivity contribution in [2.45, 2.75) is 0 Å². The number of benzene rings is 24. The van der Waals surface area contributed by atoms with E-state index in [4.69, 9.17) is 13.3 Å². The lowest BCUT2D eigenvalue weighted by atomic mass is 9.90. The maximum atomic E-state index is 6.63. The molecule has 0 unspecified atom stereocenters. The standard InChI is InChI=1S/C56H31NOS.C40H24N2O.C36H22N2O/c1-2-15-34-29-45-36(27-33(34)14-1)28-37(50-38-17-5-4-16-35(38)31-49-51(50)43-22-10-12-24-48(43)58-49)30-47(45)57-46-23-11-9-21-42(46)52-53-44-26-25-32-13-3-6-18-39(32)55(44)59-56(53)41-20-8-7-19-40(41)54(52)57;1-2-11-26(12-3-1)41-35-17-9-7-15-33(35)38-36(41)23-22-31-29-14-6-8-16-34(29)42(39(31)38)27-19-21-30-32-20-18-25-10-4-5-13-28(25)40(32)43-37(30)24-27;1-2-11-23(12-3-1)37-27-16-7-4-13-24(27)35-30(37)21-22-31-36(35)25-14-5-8-17-28(25)38(31)29-18-10-20-33-34(29)26-15-6-9-19-32(26)39-33/h1-31H;1-24H;1-22H. The van der Waals surface area contributed by atoms with Gasteiger partial charge >= 0.3 is 0 Å². The normalized spacial score (nSPS) is 12.3. The predicted octanol–water partition coefficient (Wildman–Crippen LogP) is 37.2. The highest BCUT2D eigenvalue weighted by molar-refractivity contribution is 7.27. The highest BCUT2D eigenvalue weighted by atomic mass is 32.1. The van der Waals surface area contributed by atoms with E-state index in [0.717, 1.165) is 99.3 Å². The Hall–Kier alpha value is -18.5. The zero-order chi connectivity index (χ0) is 91.9. The number of para-hydroxylation sites is 9. The minimum absolute atomic E-state index is 0.897. The van der Waals surface area contributed by atoms with Gasteiger partial charge in [-0.15, -0.1) is 11.3 Å². The third-order valence-electron chi connectivity index (χ3n) is 30.0. The first-order chi connectivity index (χ1) is 70.0. The van der Waals surface area contributed by atoms with E-state index in [0.29, 0.717) is 0 Å². The number of thiophene rings is 1. The fraction of sp³-hybridized carbons (Fsp3) is 0. The Kier molecular flexibility index (Phi) is 16.5. The van der Waals surface area contributed by atoms with Crippen LogP contribution in [0.1, 0.15) is 0 Å². The minimum Gasteiger partial charge on any atom is -0.456 e. The predicted molar refractivity (Wildman–Crippen MR) is 596 cm³/mol. The molecule has 0 atom stereocenters. The molecule has 0 spiro atoms. The quantitative estimate of drug-likeness (QED) is 0.156. The molecule has 0 amide bonds. The van der Waals surface area contributed by atoms with Gasteiger partial charge in [-0.3, -0.25) is 0 Å². The first kappa shape index (κ1) is 77.7. The van der Waals surface area contributed by atoms with E-state index in [2.05, 4.69) is 478 Å². The van der Waals surface area contributed by atoms with E-state index in [9.17, 15) is 0 Å². The first-order valence-electron chi connectivity index (χ1n) is 48.2. The van der Waals surface area contributed by atoms with Crippen LogP contribution in [0.2, 0.25) is 0 Å². The molecule has 0 aliphatic rings. The Morgan fingerprint density at radius 3 is 1.29 bits per heavy atom. The number of rotatable bonds is 6. The molecule has 0 bridgehead atoms. The van der Waals surface area contributed by atoms with E-state index in [-0.39, 0.29) is 0 Å². The molecule has 654 valence electrons.